The van der Waals surface area contributed by atoms with E-state index < -0.39 is 0 Å². The Bertz CT molecular complexity index is 328. The molecule has 0 saturated carbocycles. The van der Waals surface area contributed by atoms with Crippen molar-refractivity contribution in [3.8, 4) is 0 Å². The summed E-state index contributed by atoms with van der Waals surface area (Å²) in [6, 6.07) is 0. The van der Waals surface area contributed by atoms with Gasteiger partial charge in [-0.2, -0.15) is 5.01 Å². The SMILES string of the molecule is O=C1CCCN1N=[N+]([O-])N1CCCC1=O. The minimum absolute atomic E-state index is 0.164. The van der Waals surface area contributed by atoms with Crippen molar-refractivity contribution < 1.29 is 14.6 Å². The molecule has 0 aliphatic carbocycles. The Balaban J connectivity index is 2.05. The second-order valence-electron chi connectivity index (χ2n) is 3.58. The third-order valence-electron chi connectivity index (χ3n) is 2.49. The van der Waals surface area contributed by atoms with Crippen molar-refractivity contribution in [1.29, 1.82) is 0 Å². The van der Waals surface area contributed by atoms with Crippen LogP contribution in [0.15, 0.2) is 5.22 Å². The Labute approximate surface area is 86.5 Å². The Morgan fingerprint density at radius 3 is 2.33 bits per heavy atom. The van der Waals surface area contributed by atoms with Crippen LogP contribution in [-0.2, 0) is 9.59 Å². The summed E-state index contributed by atoms with van der Waals surface area (Å²) in [5.41, 5.74) is 0. The van der Waals surface area contributed by atoms with Gasteiger partial charge in [-0.1, -0.05) is 5.01 Å². The van der Waals surface area contributed by atoms with Crippen molar-refractivity contribution >= 4 is 11.8 Å². The molecule has 82 valence electrons. The fourth-order valence-electron chi connectivity index (χ4n) is 1.68. The maximum Gasteiger partial charge on any atom is 0.329 e. The number of hydrogen-bond acceptors (Lipinski definition) is 4. The highest BCUT2D eigenvalue weighted by atomic mass is 16.6. The van der Waals surface area contributed by atoms with E-state index in [9.17, 15) is 14.8 Å². The van der Waals surface area contributed by atoms with Gasteiger partial charge in [-0.15, -0.1) is 0 Å². The highest BCUT2D eigenvalue weighted by molar-refractivity contribution is 5.77. The first-order valence-corrected chi connectivity index (χ1v) is 4.98. The molecule has 2 heterocycles. The number of nitrogens with zero attached hydrogens (tertiary/aromatic N) is 4. The summed E-state index contributed by atoms with van der Waals surface area (Å²) in [5, 5.41) is 17.1. The molecule has 0 unspecified atom stereocenters. The first-order valence-electron chi connectivity index (χ1n) is 4.98. The number of hydrogen-bond donors (Lipinski definition) is 0. The molecule has 0 radical (unpaired) electrons. The number of carbonyl (C=O) groups is 2. The van der Waals surface area contributed by atoms with Gasteiger partial charge in [-0.25, -0.2) is 4.79 Å². The topological polar surface area (TPSA) is 79.0 Å². The van der Waals surface area contributed by atoms with Gasteiger partial charge < -0.3 is 5.21 Å². The first kappa shape index (κ1) is 9.88. The fourth-order valence-corrected chi connectivity index (χ4v) is 1.68. The first-order chi connectivity index (χ1) is 7.18. The Kier molecular flexibility index (Phi) is 2.53. The van der Waals surface area contributed by atoms with Gasteiger partial charge >= 0.3 is 5.91 Å². The van der Waals surface area contributed by atoms with E-state index in [0.29, 0.717) is 38.8 Å². The molecule has 2 fully saturated rings. The van der Waals surface area contributed by atoms with Crippen LogP contribution in [0, 0.1) is 5.21 Å². The quantitative estimate of drug-likeness (QED) is 0.368. The maximum absolute atomic E-state index is 11.4. The Morgan fingerprint density at radius 2 is 1.80 bits per heavy atom. The lowest BCUT2D eigenvalue weighted by Gasteiger charge is -2.16. The van der Waals surface area contributed by atoms with Crippen molar-refractivity contribution in [2.45, 2.75) is 25.7 Å². The fraction of sp³-hybridized carbons (Fsp3) is 0.750. The second-order valence-corrected chi connectivity index (χ2v) is 3.58. The van der Waals surface area contributed by atoms with Gasteiger partial charge in [0.15, 0.2) is 0 Å². The van der Waals surface area contributed by atoms with Crippen molar-refractivity contribution in [3.05, 3.63) is 5.21 Å². The van der Waals surface area contributed by atoms with Crippen molar-refractivity contribution in [2.75, 3.05) is 13.1 Å². The largest absolute Gasteiger partial charge is 0.672 e. The van der Waals surface area contributed by atoms with Crippen LogP contribution in [0.25, 0.3) is 0 Å². The van der Waals surface area contributed by atoms with Gasteiger partial charge in [-0.3, -0.25) is 4.79 Å². The average Bonchev–Trinajstić information content (AvgIpc) is 2.76. The zero-order valence-corrected chi connectivity index (χ0v) is 8.26. The van der Waals surface area contributed by atoms with Gasteiger partial charge in [0, 0.05) is 6.42 Å². The molecule has 2 rings (SSSR count). The van der Waals surface area contributed by atoms with Crippen molar-refractivity contribution in [2.24, 2.45) is 5.22 Å². The van der Waals surface area contributed by atoms with Crippen LogP contribution in [-0.4, -0.2) is 39.9 Å². The smallest absolute Gasteiger partial charge is 0.329 e. The van der Waals surface area contributed by atoms with Gasteiger partial charge in [0.25, 0.3) is 5.91 Å². The number of hydrazine groups is 1. The maximum atomic E-state index is 11.4. The molecule has 7 nitrogen and oxygen atoms in total. The predicted octanol–water partition coefficient (Wildman–Crippen LogP) is 0.0237. The van der Waals surface area contributed by atoms with E-state index in [1.807, 2.05) is 0 Å². The molecule has 7 heteroatoms. The highest BCUT2D eigenvalue weighted by Crippen LogP contribution is 2.13. The summed E-state index contributed by atoms with van der Waals surface area (Å²) in [7, 11) is 0. The van der Waals surface area contributed by atoms with E-state index in [2.05, 4.69) is 5.22 Å². The third kappa shape index (κ3) is 1.90. The normalized spacial score (nSPS) is 23.1. The molecule has 0 N–H and O–H groups in total. The molecule has 2 aliphatic heterocycles. The van der Waals surface area contributed by atoms with Crippen LogP contribution >= 0.6 is 0 Å². The van der Waals surface area contributed by atoms with Crippen molar-refractivity contribution in [3.63, 3.8) is 0 Å². The molecule has 0 bridgehead atoms. The zero-order chi connectivity index (χ0) is 10.8. The van der Waals surface area contributed by atoms with Crippen LogP contribution < -0.4 is 0 Å². The summed E-state index contributed by atoms with van der Waals surface area (Å²) in [6.07, 6.45) is 2.18. The molecule has 0 spiro atoms. The van der Waals surface area contributed by atoms with Gasteiger partial charge in [0.2, 0.25) is 0 Å². The Hall–Kier alpha value is -1.66. The molecular weight excluding hydrogens is 200 g/mol. The Morgan fingerprint density at radius 1 is 1.13 bits per heavy atom. The number of carbonyl (C=O) groups excluding carboxylic acids is 2. The van der Waals surface area contributed by atoms with Crippen molar-refractivity contribution in [1.82, 2.24) is 10.0 Å². The van der Waals surface area contributed by atoms with E-state index >= 15 is 0 Å². The van der Waals surface area contributed by atoms with Crippen LogP contribution in [0.4, 0.5) is 0 Å². The lowest BCUT2D eigenvalue weighted by atomic mass is 10.4. The zero-order valence-electron chi connectivity index (χ0n) is 8.26. The lowest BCUT2D eigenvalue weighted by Crippen LogP contribution is -2.34. The summed E-state index contributed by atoms with van der Waals surface area (Å²) in [5.74, 6) is -0.400. The van der Waals surface area contributed by atoms with E-state index in [4.69, 9.17) is 0 Å². The number of amides is 2. The van der Waals surface area contributed by atoms with E-state index in [-0.39, 0.29) is 16.8 Å². The standard InChI is InChI=1S/C8H12N4O3/c13-7-3-1-5-10(7)9-12(15)11-6-2-4-8(11)14/h1-6H2. The summed E-state index contributed by atoms with van der Waals surface area (Å²) >= 11 is 0. The molecule has 2 amide bonds. The summed E-state index contributed by atoms with van der Waals surface area (Å²) in [6.45, 7) is 0.841. The van der Waals surface area contributed by atoms with Gasteiger partial charge in [-0.05, 0) is 17.8 Å². The van der Waals surface area contributed by atoms with Gasteiger partial charge in [0.1, 0.15) is 11.8 Å². The average molecular weight is 212 g/mol. The predicted molar refractivity (Wildman–Crippen MR) is 47.9 cm³/mol. The third-order valence-corrected chi connectivity index (χ3v) is 2.49. The van der Waals surface area contributed by atoms with E-state index in [0.717, 1.165) is 10.0 Å². The van der Waals surface area contributed by atoms with Crippen LogP contribution in [0.5, 0.6) is 0 Å². The van der Waals surface area contributed by atoms with E-state index in [1.54, 1.807) is 0 Å². The molecule has 15 heavy (non-hydrogen) atoms. The van der Waals surface area contributed by atoms with Crippen LogP contribution in [0.3, 0.4) is 0 Å². The number of rotatable bonds is 2. The summed E-state index contributed by atoms with van der Waals surface area (Å²) in [4.78, 5) is 22.6. The van der Waals surface area contributed by atoms with Crippen LogP contribution in [0.2, 0.25) is 0 Å². The van der Waals surface area contributed by atoms with E-state index in [1.165, 1.54) is 0 Å². The molecule has 0 atom stereocenters. The molecule has 0 aromatic heterocycles. The second kappa shape index (κ2) is 3.84. The monoisotopic (exact) mass is 212 g/mol. The molecule has 0 aromatic rings. The highest BCUT2D eigenvalue weighted by Gasteiger charge is 2.30. The van der Waals surface area contributed by atoms with Crippen LogP contribution in [0.1, 0.15) is 25.7 Å². The minimum Gasteiger partial charge on any atom is -0.672 e. The summed E-state index contributed by atoms with van der Waals surface area (Å²) < 4.78 is 0. The molecular formula is C8H12N4O3. The molecule has 2 saturated heterocycles. The van der Waals surface area contributed by atoms with Gasteiger partial charge in [0.05, 0.1) is 13.0 Å². The molecule has 2 aliphatic rings. The lowest BCUT2D eigenvalue weighted by molar-refractivity contribution is -0.680. The molecule has 0 aromatic carbocycles. The minimum atomic E-state index is -0.236.